The fourth-order valence-corrected chi connectivity index (χ4v) is 3.35. The summed E-state index contributed by atoms with van der Waals surface area (Å²) in [5, 5.41) is 3.17. The molecule has 0 spiro atoms. The second-order valence-corrected chi connectivity index (χ2v) is 7.45. The number of benzene rings is 2. The van der Waals surface area contributed by atoms with Gasteiger partial charge in [-0.15, -0.1) is 0 Å². The number of amides is 1. The van der Waals surface area contributed by atoms with Gasteiger partial charge in [0.25, 0.3) is 15.9 Å². The smallest absolute Gasteiger partial charge is 0.261 e. The highest BCUT2D eigenvalue weighted by Gasteiger charge is 2.24. The molecule has 0 bridgehead atoms. The average Bonchev–Trinajstić information content (AvgIpc) is 3.33. The number of carbonyl (C=O) groups is 1. The summed E-state index contributed by atoms with van der Waals surface area (Å²) in [7, 11) is -3.76. The van der Waals surface area contributed by atoms with Gasteiger partial charge in [0.1, 0.15) is 0 Å². The van der Waals surface area contributed by atoms with Gasteiger partial charge in [-0.05, 0) is 49.2 Å². The van der Waals surface area contributed by atoms with Crippen LogP contribution < -0.4 is 10.0 Å². The molecule has 0 radical (unpaired) electrons. The molecule has 23 heavy (non-hydrogen) atoms. The molecule has 0 aliphatic heterocycles. The van der Waals surface area contributed by atoms with Crippen LogP contribution in [-0.2, 0) is 10.0 Å². The number of hydrogen-bond acceptors (Lipinski definition) is 3. The third-order valence-corrected chi connectivity index (χ3v) is 5.17. The summed E-state index contributed by atoms with van der Waals surface area (Å²) in [6, 6.07) is 12.7. The summed E-state index contributed by atoms with van der Waals surface area (Å²) < 4.78 is 27.1. The summed E-state index contributed by atoms with van der Waals surface area (Å²) in [5.74, 6) is -0.185. The van der Waals surface area contributed by atoms with Crippen molar-refractivity contribution < 1.29 is 13.2 Å². The Hall–Kier alpha value is -2.05. The molecule has 0 saturated heterocycles. The molecule has 1 fully saturated rings. The Bertz CT molecular complexity index is 831. The van der Waals surface area contributed by atoms with Gasteiger partial charge >= 0.3 is 0 Å². The first kappa shape index (κ1) is 15.8. The monoisotopic (exact) mass is 350 g/mol. The first-order valence-corrected chi connectivity index (χ1v) is 9.00. The molecular formula is C16H15ClN2O3S. The Morgan fingerprint density at radius 3 is 2.30 bits per heavy atom. The first-order valence-electron chi connectivity index (χ1n) is 7.14. The van der Waals surface area contributed by atoms with Crippen LogP contribution in [0.5, 0.6) is 0 Å². The van der Waals surface area contributed by atoms with Crippen molar-refractivity contribution in [3.63, 3.8) is 0 Å². The van der Waals surface area contributed by atoms with Crippen molar-refractivity contribution in [3.05, 3.63) is 59.1 Å². The molecule has 2 aromatic carbocycles. The van der Waals surface area contributed by atoms with Gasteiger partial charge in [-0.2, -0.15) is 0 Å². The normalized spacial score (nSPS) is 14.3. The molecule has 7 heteroatoms. The van der Waals surface area contributed by atoms with Gasteiger partial charge in [0.05, 0.1) is 15.6 Å². The van der Waals surface area contributed by atoms with E-state index in [1.165, 1.54) is 24.3 Å². The van der Waals surface area contributed by atoms with E-state index in [4.69, 9.17) is 11.6 Å². The zero-order valence-corrected chi connectivity index (χ0v) is 13.7. The van der Waals surface area contributed by atoms with Crippen LogP contribution in [0.1, 0.15) is 23.2 Å². The molecule has 3 rings (SSSR count). The van der Waals surface area contributed by atoms with Crippen LogP contribution in [-0.4, -0.2) is 20.4 Å². The topological polar surface area (TPSA) is 75.3 Å². The van der Waals surface area contributed by atoms with Crippen molar-refractivity contribution in [2.75, 3.05) is 4.72 Å². The summed E-state index contributed by atoms with van der Waals surface area (Å²) in [4.78, 5) is 12.0. The Balaban J connectivity index is 1.77. The Kier molecular flexibility index (Phi) is 4.28. The minimum Gasteiger partial charge on any atom is -0.349 e. The lowest BCUT2D eigenvalue weighted by Crippen LogP contribution is -2.25. The van der Waals surface area contributed by atoms with Crippen LogP contribution >= 0.6 is 11.6 Å². The summed E-state index contributed by atoms with van der Waals surface area (Å²) in [6.45, 7) is 0. The molecule has 120 valence electrons. The molecular weight excluding hydrogens is 336 g/mol. The third-order valence-electron chi connectivity index (χ3n) is 3.46. The highest BCUT2D eigenvalue weighted by molar-refractivity contribution is 7.92. The molecule has 2 N–H and O–H groups in total. The van der Waals surface area contributed by atoms with E-state index in [2.05, 4.69) is 10.0 Å². The average molecular weight is 351 g/mol. The number of hydrogen-bond donors (Lipinski definition) is 2. The fourth-order valence-electron chi connectivity index (χ4n) is 2.03. The van der Waals surface area contributed by atoms with Gasteiger partial charge in [-0.3, -0.25) is 9.52 Å². The van der Waals surface area contributed by atoms with Crippen molar-refractivity contribution in [1.29, 1.82) is 0 Å². The maximum absolute atomic E-state index is 12.4. The van der Waals surface area contributed by atoms with Gasteiger partial charge in [0.15, 0.2) is 0 Å². The second-order valence-electron chi connectivity index (χ2n) is 5.36. The van der Waals surface area contributed by atoms with E-state index in [0.29, 0.717) is 16.3 Å². The van der Waals surface area contributed by atoms with Gasteiger partial charge < -0.3 is 5.32 Å². The van der Waals surface area contributed by atoms with E-state index in [1.807, 2.05) is 0 Å². The molecule has 1 amide bonds. The molecule has 1 aliphatic carbocycles. The highest BCUT2D eigenvalue weighted by atomic mass is 35.5. The molecule has 0 atom stereocenters. The van der Waals surface area contributed by atoms with Crippen molar-refractivity contribution in [1.82, 2.24) is 5.32 Å². The van der Waals surface area contributed by atoms with Crippen molar-refractivity contribution in [2.45, 2.75) is 23.8 Å². The van der Waals surface area contributed by atoms with E-state index in [9.17, 15) is 13.2 Å². The summed E-state index contributed by atoms with van der Waals surface area (Å²) in [5.41, 5.74) is 0.748. The first-order chi connectivity index (χ1) is 11.0. The maximum atomic E-state index is 12.4. The number of nitrogens with one attached hydrogen (secondary N) is 2. The van der Waals surface area contributed by atoms with Crippen LogP contribution in [0.4, 0.5) is 5.69 Å². The SMILES string of the molecule is O=C(NC1CC1)c1ccc(S(=O)(=O)Nc2ccccc2Cl)cc1. The highest BCUT2D eigenvalue weighted by Crippen LogP contribution is 2.24. The van der Waals surface area contributed by atoms with Gasteiger partial charge in [0.2, 0.25) is 0 Å². The Morgan fingerprint density at radius 2 is 1.70 bits per heavy atom. The summed E-state index contributed by atoms with van der Waals surface area (Å²) >= 11 is 5.96. The minimum absolute atomic E-state index is 0.0698. The lowest BCUT2D eigenvalue weighted by Gasteiger charge is -2.10. The van der Waals surface area contributed by atoms with Crippen LogP contribution in [0.25, 0.3) is 0 Å². The molecule has 2 aromatic rings. The van der Waals surface area contributed by atoms with Gasteiger partial charge in [-0.25, -0.2) is 8.42 Å². The number of para-hydroxylation sites is 1. The lowest BCUT2D eigenvalue weighted by molar-refractivity contribution is 0.0951. The number of carbonyl (C=O) groups excluding carboxylic acids is 1. The van der Waals surface area contributed by atoms with Crippen LogP contribution in [0.15, 0.2) is 53.4 Å². The number of anilines is 1. The minimum atomic E-state index is -3.76. The predicted molar refractivity (Wildman–Crippen MR) is 89.2 cm³/mol. The quantitative estimate of drug-likeness (QED) is 0.870. The largest absolute Gasteiger partial charge is 0.349 e. The number of sulfonamides is 1. The molecule has 1 aliphatic rings. The van der Waals surface area contributed by atoms with Crippen molar-refractivity contribution >= 4 is 33.2 Å². The summed E-state index contributed by atoms with van der Waals surface area (Å²) in [6.07, 6.45) is 2.00. The number of halogens is 1. The van der Waals surface area contributed by atoms with E-state index in [1.54, 1.807) is 24.3 Å². The third kappa shape index (κ3) is 3.83. The zero-order valence-electron chi connectivity index (χ0n) is 12.1. The Morgan fingerprint density at radius 1 is 1.04 bits per heavy atom. The predicted octanol–water partition coefficient (Wildman–Crippen LogP) is 3.03. The van der Waals surface area contributed by atoms with E-state index in [-0.39, 0.29) is 16.8 Å². The van der Waals surface area contributed by atoms with E-state index < -0.39 is 10.0 Å². The second kappa shape index (κ2) is 6.22. The van der Waals surface area contributed by atoms with E-state index in [0.717, 1.165) is 12.8 Å². The van der Waals surface area contributed by atoms with Crippen molar-refractivity contribution in [3.8, 4) is 0 Å². The van der Waals surface area contributed by atoms with Crippen LogP contribution in [0.3, 0.4) is 0 Å². The van der Waals surface area contributed by atoms with Crippen molar-refractivity contribution in [2.24, 2.45) is 0 Å². The number of rotatable bonds is 5. The Labute approximate surface area is 139 Å². The fraction of sp³-hybridized carbons (Fsp3) is 0.188. The molecule has 0 heterocycles. The molecule has 0 aromatic heterocycles. The molecule has 0 unspecified atom stereocenters. The van der Waals surface area contributed by atoms with Gasteiger partial charge in [-0.1, -0.05) is 23.7 Å². The van der Waals surface area contributed by atoms with Gasteiger partial charge in [0, 0.05) is 11.6 Å². The lowest BCUT2D eigenvalue weighted by atomic mass is 10.2. The van der Waals surface area contributed by atoms with Crippen LogP contribution in [0, 0.1) is 0 Å². The standard InChI is InChI=1S/C16H15ClN2O3S/c17-14-3-1-2-4-15(14)19-23(21,22)13-9-5-11(6-10-13)16(20)18-12-7-8-12/h1-6,9-10,12,19H,7-8H2,(H,18,20). The van der Waals surface area contributed by atoms with E-state index >= 15 is 0 Å². The van der Waals surface area contributed by atoms with Crippen LogP contribution in [0.2, 0.25) is 5.02 Å². The zero-order chi connectivity index (χ0) is 16.4. The molecule has 5 nitrogen and oxygen atoms in total. The molecule has 1 saturated carbocycles. The maximum Gasteiger partial charge on any atom is 0.261 e.